The van der Waals surface area contributed by atoms with Gasteiger partial charge in [-0.05, 0) is 42.8 Å². The lowest BCUT2D eigenvalue weighted by Crippen LogP contribution is -2.10. The summed E-state index contributed by atoms with van der Waals surface area (Å²) in [6.45, 7) is 1.67. The van der Waals surface area contributed by atoms with Crippen LogP contribution in [0.2, 0.25) is 0 Å². The highest BCUT2D eigenvalue weighted by molar-refractivity contribution is 6.07. The van der Waals surface area contributed by atoms with Gasteiger partial charge in [0.2, 0.25) is 11.7 Å². The minimum absolute atomic E-state index is 0.198. The van der Waals surface area contributed by atoms with Gasteiger partial charge in [-0.25, -0.2) is 9.37 Å². The molecule has 0 aliphatic heterocycles. The number of carbonyl (C=O) groups is 2. The molecule has 3 aromatic rings. The molecular weight excluding hydrogens is 345 g/mol. The first-order chi connectivity index (χ1) is 13.0. The van der Waals surface area contributed by atoms with Crippen molar-refractivity contribution in [2.24, 2.45) is 7.05 Å². The van der Waals surface area contributed by atoms with E-state index in [-0.39, 0.29) is 17.5 Å². The molecule has 0 aliphatic rings. The van der Waals surface area contributed by atoms with Gasteiger partial charge in [0.05, 0.1) is 0 Å². The third kappa shape index (κ3) is 4.17. The van der Waals surface area contributed by atoms with Gasteiger partial charge in [-0.15, -0.1) is 0 Å². The summed E-state index contributed by atoms with van der Waals surface area (Å²) < 4.78 is 15.4. The van der Waals surface area contributed by atoms with Crippen molar-refractivity contribution in [2.45, 2.75) is 6.92 Å². The Kier molecular flexibility index (Phi) is 5.26. The minimum Gasteiger partial charge on any atom is -0.331 e. The third-order valence-corrected chi connectivity index (χ3v) is 4.09. The smallest absolute Gasteiger partial charge is 0.248 e. The van der Waals surface area contributed by atoms with E-state index >= 15 is 0 Å². The van der Waals surface area contributed by atoms with E-state index in [4.69, 9.17) is 0 Å². The van der Waals surface area contributed by atoms with Crippen molar-refractivity contribution >= 4 is 23.0 Å². The Labute approximate surface area is 156 Å². The molecule has 0 fully saturated rings. The summed E-state index contributed by atoms with van der Waals surface area (Å²) in [6.07, 6.45) is 4.60. The fourth-order valence-corrected chi connectivity index (χ4v) is 2.65. The fraction of sp³-hybridized carbons (Fsp3) is 0.0952. The van der Waals surface area contributed by atoms with Crippen LogP contribution in [0.25, 0.3) is 5.57 Å². The molecule has 6 heteroatoms. The Hall–Kier alpha value is -3.54. The topological polar surface area (TPSA) is 64.0 Å². The molecule has 1 heterocycles. The van der Waals surface area contributed by atoms with Crippen LogP contribution in [0.5, 0.6) is 0 Å². The van der Waals surface area contributed by atoms with Crippen molar-refractivity contribution in [3.05, 3.63) is 89.8 Å². The maximum atomic E-state index is 13.8. The molecular formula is C21H18FN3O2. The molecule has 0 unspecified atom stereocenters. The summed E-state index contributed by atoms with van der Waals surface area (Å²) in [6, 6.07) is 12.8. The molecule has 0 radical (unpaired) electrons. The second-order valence-electron chi connectivity index (χ2n) is 6.06. The van der Waals surface area contributed by atoms with Crippen LogP contribution in [0.4, 0.5) is 10.1 Å². The van der Waals surface area contributed by atoms with E-state index in [1.807, 2.05) is 0 Å². The predicted molar refractivity (Wildman–Crippen MR) is 102 cm³/mol. The van der Waals surface area contributed by atoms with E-state index in [0.717, 1.165) is 0 Å². The number of rotatable bonds is 5. The summed E-state index contributed by atoms with van der Waals surface area (Å²) in [4.78, 5) is 28.6. The summed E-state index contributed by atoms with van der Waals surface area (Å²) in [5.41, 5.74) is 1.91. The van der Waals surface area contributed by atoms with Gasteiger partial charge < -0.3 is 9.88 Å². The number of carbonyl (C=O) groups excluding carboxylic acids is 2. The number of aryl methyl sites for hydroxylation is 1. The normalized spacial score (nSPS) is 11.3. The molecule has 2 aromatic carbocycles. The maximum Gasteiger partial charge on any atom is 0.248 e. The highest BCUT2D eigenvalue weighted by Crippen LogP contribution is 2.18. The summed E-state index contributed by atoms with van der Waals surface area (Å²) in [7, 11) is 1.75. The lowest BCUT2D eigenvalue weighted by atomic mass is 10.1. The predicted octanol–water partition coefficient (Wildman–Crippen LogP) is 3.83. The van der Waals surface area contributed by atoms with Crippen LogP contribution in [0, 0.1) is 5.82 Å². The molecule has 5 nitrogen and oxygen atoms in total. The van der Waals surface area contributed by atoms with E-state index < -0.39 is 0 Å². The largest absolute Gasteiger partial charge is 0.331 e. The van der Waals surface area contributed by atoms with E-state index in [1.165, 1.54) is 12.1 Å². The lowest BCUT2D eigenvalue weighted by Gasteiger charge is -2.06. The number of allylic oxidation sites excluding steroid dienone is 1. The molecule has 0 saturated heterocycles. The highest BCUT2D eigenvalue weighted by Gasteiger charge is 2.13. The number of aromatic nitrogens is 2. The van der Waals surface area contributed by atoms with E-state index in [2.05, 4.69) is 10.3 Å². The Balaban J connectivity index is 1.70. The molecule has 3 rings (SSSR count). The minimum atomic E-state index is -0.379. The van der Waals surface area contributed by atoms with Crippen LogP contribution in [-0.2, 0) is 11.8 Å². The van der Waals surface area contributed by atoms with Crippen LogP contribution >= 0.6 is 0 Å². The van der Waals surface area contributed by atoms with Crippen molar-refractivity contribution in [2.75, 3.05) is 5.32 Å². The average Bonchev–Trinajstić information content (AvgIpc) is 3.08. The van der Waals surface area contributed by atoms with Crippen molar-refractivity contribution < 1.29 is 14.0 Å². The number of amides is 1. The number of benzene rings is 2. The Bertz CT molecular complexity index is 1020. The zero-order valence-electron chi connectivity index (χ0n) is 14.9. The van der Waals surface area contributed by atoms with Crippen molar-refractivity contribution in [3.8, 4) is 0 Å². The van der Waals surface area contributed by atoms with Gasteiger partial charge in [-0.3, -0.25) is 9.59 Å². The maximum absolute atomic E-state index is 13.8. The summed E-state index contributed by atoms with van der Waals surface area (Å²) in [5, 5.41) is 2.70. The number of hydrogen-bond acceptors (Lipinski definition) is 3. The molecule has 0 atom stereocenters. The number of nitrogens with zero attached hydrogens (tertiary/aromatic N) is 2. The molecule has 136 valence electrons. The second-order valence-corrected chi connectivity index (χ2v) is 6.06. The fourth-order valence-electron chi connectivity index (χ4n) is 2.65. The van der Waals surface area contributed by atoms with Crippen molar-refractivity contribution in [1.29, 1.82) is 0 Å². The average molecular weight is 363 g/mol. The second kappa shape index (κ2) is 7.78. The number of anilines is 1. The van der Waals surface area contributed by atoms with Crippen molar-refractivity contribution in [3.63, 3.8) is 0 Å². The molecule has 27 heavy (non-hydrogen) atoms. The number of ketones is 1. The number of nitrogens with one attached hydrogen (secondary N) is 1. The van der Waals surface area contributed by atoms with Gasteiger partial charge in [0.25, 0.3) is 0 Å². The first-order valence-electron chi connectivity index (χ1n) is 8.32. The SMILES string of the molecule is CC(=CC(=O)Nc1ccc(C(=O)c2nccn2C)cc1)c1ccccc1F. The van der Waals surface area contributed by atoms with Gasteiger partial charge >= 0.3 is 0 Å². The van der Waals surface area contributed by atoms with Crippen LogP contribution in [0.15, 0.2) is 67.0 Å². The molecule has 1 amide bonds. The molecule has 0 bridgehead atoms. The Morgan fingerprint density at radius 2 is 1.81 bits per heavy atom. The first-order valence-corrected chi connectivity index (χ1v) is 8.32. The number of imidazole rings is 1. The molecule has 0 aliphatic carbocycles. The van der Waals surface area contributed by atoms with Crippen LogP contribution in [-0.4, -0.2) is 21.2 Å². The molecule has 0 saturated carbocycles. The zero-order chi connectivity index (χ0) is 19.4. The van der Waals surface area contributed by atoms with E-state index in [9.17, 15) is 14.0 Å². The van der Waals surface area contributed by atoms with Crippen molar-refractivity contribution in [1.82, 2.24) is 9.55 Å². The van der Waals surface area contributed by atoms with Gasteiger partial charge in [-0.1, -0.05) is 18.2 Å². The third-order valence-electron chi connectivity index (χ3n) is 4.09. The Morgan fingerprint density at radius 1 is 1.11 bits per heavy atom. The Morgan fingerprint density at radius 3 is 2.44 bits per heavy atom. The van der Waals surface area contributed by atoms with Gasteiger partial charge in [-0.2, -0.15) is 0 Å². The molecule has 0 spiro atoms. The molecule has 1 N–H and O–H groups in total. The monoisotopic (exact) mass is 363 g/mol. The highest BCUT2D eigenvalue weighted by atomic mass is 19.1. The lowest BCUT2D eigenvalue weighted by molar-refractivity contribution is -0.111. The van der Waals surface area contributed by atoms with Gasteiger partial charge in [0.15, 0.2) is 5.82 Å². The van der Waals surface area contributed by atoms with Gasteiger partial charge in [0, 0.05) is 42.3 Å². The number of hydrogen-bond donors (Lipinski definition) is 1. The summed E-state index contributed by atoms with van der Waals surface area (Å²) >= 11 is 0. The van der Waals surface area contributed by atoms with Crippen LogP contribution in [0.1, 0.15) is 28.7 Å². The standard InChI is InChI=1S/C21H18FN3O2/c1-14(17-5-3-4-6-18(17)22)13-19(26)24-16-9-7-15(8-10-16)20(27)21-23-11-12-25(21)2/h3-13H,1-2H3,(H,24,26). The molecule has 1 aromatic heterocycles. The number of halogens is 1. The summed E-state index contributed by atoms with van der Waals surface area (Å²) in [5.74, 6) is -0.610. The van der Waals surface area contributed by atoms with E-state index in [0.29, 0.717) is 28.2 Å². The van der Waals surface area contributed by atoms with Crippen LogP contribution in [0.3, 0.4) is 0 Å². The zero-order valence-corrected chi connectivity index (χ0v) is 14.9. The van der Waals surface area contributed by atoms with E-state index in [1.54, 1.807) is 73.4 Å². The van der Waals surface area contributed by atoms with Gasteiger partial charge in [0.1, 0.15) is 5.82 Å². The van der Waals surface area contributed by atoms with Crippen LogP contribution < -0.4 is 5.32 Å². The quantitative estimate of drug-likeness (QED) is 0.553. The first kappa shape index (κ1) is 18.3.